The van der Waals surface area contributed by atoms with Crippen molar-refractivity contribution < 1.29 is 9.53 Å². The normalized spacial score (nSPS) is 14.2. The van der Waals surface area contributed by atoms with Gasteiger partial charge in [-0.3, -0.25) is 4.79 Å². The van der Waals surface area contributed by atoms with E-state index in [-0.39, 0.29) is 17.6 Å². The maximum atomic E-state index is 11.9. The number of imidazole rings is 1. The molecule has 0 saturated heterocycles. The number of benzene rings is 1. The molecule has 1 amide bonds. The van der Waals surface area contributed by atoms with E-state index in [1.165, 1.54) is 0 Å². The molecule has 1 heterocycles. The van der Waals surface area contributed by atoms with Crippen LogP contribution in [0.5, 0.6) is 0 Å². The molecule has 6 heteroatoms. The van der Waals surface area contributed by atoms with Gasteiger partial charge in [-0.2, -0.15) is 0 Å². The fourth-order valence-electron chi connectivity index (χ4n) is 2.06. The Bertz CT molecular complexity index is 659. The number of carbonyl (C=O) groups excluding carboxylic acids is 1. The van der Waals surface area contributed by atoms with Crippen LogP contribution in [0.4, 0.5) is 0 Å². The molecule has 6 nitrogen and oxygen atoms in total. The first kappa shape index (κ1) is 14.3. The van der Waals surface area contributed by atoms with Gasteiger partial charge in [0.05, 0.1) is 17.1 Å². The average Bonchev–Trinajstić information content (AvgIpc) is 2.77. The smallest absolute Gasteiger partial charge is 0.323 e. The molecular formula is C14H19N3O3. The van der Waals surface area contributed by atoms with Gasteiger partial charge >= 0.3 is 5.69 Å². The molecule has 2 aromatic rings. The van der Waals surface area contributed by atoms with Crippen molar-refractivity contribution in [2.75, 3.05) is 6.61 Å². The summed E-state index contributed by atoms with van der Waals surface area (Å²) in [6.07, 6.45) is -0.474. The lowest BCUT2D eigenvalue weighted by Gasteiger charge is -2.18. The predicted octanol–water partition coefficient (Wildman–Crippen LogP) is 1.46. The zero-order valence-electron chi connectivity index (χ0n) is 11.8. The molecule has 0 radical (unpaired) electrons. The van der Waals surface area contributed by atoms with E-state index in [9.17, 15) is 9.59 Å². The van der Waals surface area contributed by atoms with Crippen LogP contribution in [-0.4, -0.2) is 28.6 Å². The summed E-state index contributed by atoms with van der Waals surface area (Å²) in [6, 6.07) is 5.39. The van der Waals surface area contributed by atoms with Crippen molar-refractivity contribution in [2.45, 2.75) is 32.9 Å². The van der Waals surface area contributed by atoms with Crippen molar-refractivity contribution in [1.82, 2.24) is 15.3 Å². The van der Waals surface area contributed by atoms with Gasteiger partial charge in [-0.05, 0) is 38.5 Å². The number of amides is 1. The van der Waals surface area contributed by atoms with Crippen molar-refractivity contribution in [1.29, 1.82) is 0 Å². The number of carbonyl (C=O) groups is 1. The molecule has 0 aliphatic heterocycles. The van der Waals surface area contributed by atoms with Crippen LogP contribution in [0.1, 0.15) is 32.4 Å². The largest absolute Gasteiger partial charge is 0.369 e. The Labute approximate surface area is 116 Å². The second-order valence-electron chi connectivity index (χ2n) is 4.71. The van der Waals surface area contributed by atoms with E-state index in [4.69, 9.17) is 4.74 Å². The summed E-state index contributed by atoms with van der Waals surface area (Å²) in [5.41, 5.74) is 2.16. The fraction of sp³-hybridized carbons (Fsp3) is 0.429. The third-order valence-electron chi connectivity index (χ3n) is 3.18. The lowest BCUT2D eigenvalue weighted by molar-refractivity contribution is -0.132. The van der Waals surface area contributed by atoms with Crippen molar-refractivity contribution in [3.8, 4) is 0 Å². The number of hydrogen-bond acceptors (Lipinski definition) is 3. The maximum Gasteiger partial charge on any atom is 0.323 e. The van der Waals surface area contributed by atoms with E-state index in [2.05, 4.69) is 15.3 Å². The van der Waals surface area contributed by atoms with E-state index < -0.39 is 6.10 Å². The quantitative estimate of drug-likeness (QED) is 0.773. The Balaban J connectivity index is 2.12. The summed E-state index contributed by atoms with van der Waals surface area (Å²) in [6.45, 7) is 5.96. The first-order valence-corrected chi connectivity index (χ1v) is 6.65. The van der Waals surface area contributed by atoms with Crippen LogP contribution in [-0.2, 0) is 9.53 Å². The lowest BCUT2D eigenvalue weighted by Crippen LogP contribution is -2.36. The van der Waals surface area contributed by atoms with E-state index >= 15 is 0 Å². The van der Waals surface area contributed by atoms with E-state index in [0.29, 0.717) is 6.61 Å². The fourth-order valence-corrected chi connectivity index (χ4v) is 2.06. The zero-order chi connectivity index (χ0) is 14.7. The monoisotopic (exact) mass is 277 g/mol. The molecule has 2 atom stereocenters. The molecule has 0 aliphatic rings. The van der Waals surface area contributed by atoms with E-state index in [0.717, 1.165) is 16.6 Å². The first-order chi connectivity index (χ1) is 9.51. The van der Waals surface area contributed by atoms with E-state index in [1.54, 1.807) is 6.92 Å². The second kappa shape index (κ2) is 5.92. The van der Waals surface area contributed by atoms with Gasteiger partial charge in [0, 0.05) is 6.61 Å². The van der Waals surface area contributed by atoms with Crippen LogP contribution in [0, 0.1) is 0 Å². The molecule has 0 unspecified atom stereocenters. The molecule has 1 aromatic carbocycles. The van der Waals surface area contributed by atoms with Gasteiger partial charge in [0.1, 0.15) is 6.10 Å². The Morgan fingerprint density at radius 3 is 2.70 bits per heavy atom. The lowest BCUT2D eigenvalue weighted by atomic mass is 10.1. The SMILES string of the molecule is CCO[C@@H](C)C(=O)N[C@@H](C)c1ccc2[nH]c(=O)[nH]c2c1. The minimum absolute atomic E-state index is 0.151. The standard InChI is InChI=1S/C14H19N3O3/c1-4-20-9(3)13(18)15-8(2)10-5-6-11-12(7-10)17-14(19)16-11/h5-9H,4H2,1-3H3,(H,15,18)(H2,16,17,19)/t8-,9-/m0/s1. The summed E-state index contributed by atoms with van der Waals surface area (Å²) >= 11 is 0. The summed E-state index contributed by atoms with van der Waals surface area (Å²) < 4.78 is 5.25. The Kier molecular flexibility index (Phi) is 4.24. The van der Waals surface area contributed by atoms with Crippen LogP contribution in [0.25, 0.3) is 11.0 Å². The van der Waals surface area contributed by atoms with Crippen molar-refractivity contribution in [3.63, 3.8) is 0 Å². The highest BCUT2D eigenvalue weighted by Gasteiger charge is 2.16. The highest BCUT2D eigenvalue weighted by molar-refractivity contribution is 5.81. The van der Waals surface area contributed by atoms with Crippen LogP contribution in [0.15, 0.2) is 23.0 Å². The summed E-state index contributed by atoms with van der Waals surface area (Å²) in [5.74, 6) is -0.151. The number of fused-ring (bicyclic) bond motifs is 1. The van der Waals surface area contributed by atoms with Crippen molar-refractivity contribution in [3.05, 3.63) is 34.2 Å². The molecule has 0 aliphatic carbocycles. The maximum absolute atomic E-state index is 11.9. The van der Waals surface area contributed by atoms with Gasteiger partial charge in [0.2, 0.25) is 5.91 Å². The van der Waals surface area contributed by atoms with E-state index in [1.807, 2.05) is 32.0 Å². The minimum atomic E-state index is -0.474. The second-order valence-corrected chi connectivity index (χ2v) is 4.71. The third-order valence-corrected chi connectivity index (χ3v) is 3.18. The van der Waals surface area contributed by atoms with Gasteiger partial charge in [0.25, 0.3) is 0 Å². The Hall–Kier alpha value is -2.08. The van der Waals surface area contributed by atoms with Gasteiger partial charge < -0.3 is 20.0 Å². The van der Waals surface area contributed by atoms with Gasteiger partial charge in [0.15, 0.2) is 0 Å². The van der Waals surface area contributed by atoms with Crippen LogP contribution in [0.3, 0.4) is 0 Å². The highest BCUT2D eigenvalue weighted by Crippen LogP contribution is 2.17. The average molecular weight is 277 g/mol. The molecule has 3 N–H and O–H groups in total. The molecule has 108 valence electrons. The van der Waals surface area contributed by atoms with Crippen LogP contribution >= 0.6 is 0 Å². The van der Waals surface area contributed by atoms with Gasteiger partial charge in [-0.15, -0.1) is 0 Å². The third kappa shape index (κ3) is 3.08. The molecule has 0 saturated carbocycles. The summed E-state index contributed by atoms with van der Waals surface area (Å²) in [5, 5.41) is 2.89. The molecule has 0 bridgehead atoms. The molecule has 0 fully saturated rings. The van der Waals surface area contributed by atoms with Crippen molar-refractivity contribution in [2.24, 2.45) is 0 Å². The molecule has 1 aromatic heterocycles. The zero-order valence-corrected chi connectivity index (χ0v) is 11.8. The predicted molar refractivity (Wildman–Crippen MR) is 76.6 cm³/mol. The van der Waals surface area contributed by atoms with Gasteiger partial charge in [-0.25, -0.2) is 4.79 Å². The van der Waals surface area contributed by atoms with Crippen molar-refractivity contribution >= 4 is 16.9 Å². The molecule has 2 rings (SSSR count). The molecule has 20 heavy (non-hydrogen) atoms. The summed E-state index contributed by atoms with van der Waals surface area (Å²) in [7, 11) is 0. The number of aromatic nitrogens is 2. The highest BCUT2D eigenvalue weighted by atomic mass is 16.5. The van der Waals surface area contributed by atoms with Crippen LogP contribution < -0.4 is 11.0 Å². The number of rotatable bonds is 5. The topological polar surface area (TPSA) is 87.0 Å². The Morgan fingerprint density at radius 1 is 1.30 bits per heavy atom. The first-order valence-electron chi connectivity index (χ1n) is 6.65. The number of ether oxygens (including phenoxy) is 1. The van der Waals surface area contributed by atoms with Crippen LogP contribution in [0.2, 0.25) is 0 Å². The number of aromatic amines is 2. The summed E-state index contributed by atoms with van der Waals surface area (Å²) in [4.78, 5) is 28.5. The molecular weight excluding hydrogens is 258 g/mol. The minimum Gasteiger partial charge on any atom is -0.369 e. The number of H-pyrrole nitrogens is 2. The number of nitrogens with one attached hydrogen (secondary N) is 3. The molecule has 0 spiro atoms. The van der Waals surface area contributed by atoms with Gasteiger partial charge in [-0.1, -0.05) is 6.07 Å². The Morgan fingerprint density at radius 2 is 2.00 bits per heavy atom. The number of hydrogen-bond donors (Lipinski definition) is 3.